The van der Waals surface area contributed by atoms with Gasteiger partial charge in [0.25, 0.3) is 6.43 Å². The van der Waals surface area contributed by atoms with Crippen molar-refractivity contribution in [2.75, 3.05) is 0 Å². The molecule has 1 aromatic heterocycles. The first-order chi connectivity index (χ1) is 6.25. The van der Waals surface area contributed by atoms with Gasteiger partial charge in [-0.2, -0.15) is 13.5 Å². The fourth-order valence-electron chi connectivity index (χ4n) is 1.19. The first-order valence-corrected chi connectivity index (χ1v) is 4.89. The number of aromatic nitrogens is 2. The van der Waals surface area contributed by atoms with Gasteiger partial charge in [-0.15, -0.1) is 0 Å². The predicted octanol–water partition coefficient (Wildman–Crippen LogP) is 1.32. The van der Waals surface area contributed by atoms with E-state index >= 15 is 0 Å². The van der Waals surface area contributed by atoms with E-state index in [2.05, 4.69) is 5.10 Å². The molecule has 0 atom stereocenters. The van der Waals surface area contributed by atoms with Crippen molar-refractivity contribution in [1.82, 2.24) is 9.78 Å². The van der Waals surface area contributed by atoms with E-state index in [1.807, 2.05) is 0 Å². The minimum absolute atomic E-state index is 0.196. The highest BCUT2D eigenvalue weighted by Crippen LogP contribution is 2.29. The lowest BCUT2D eigenvalue weighted by molar-refractivity contribution is 0.146. The summed E-state index contributed by atoms with van der Waals surface area (Å²) in [7, 11) is -4.08. The van der Waals surface area contributed by atoms with Gasteiger partial charge in [0.2, 0.25) is 0 Å². The molecule has 0 aliphatic rings. The molecule has 8 heteroatoms. The molecule has 1 rings (SSSR count). The highest BCUT2D eigenvalue weighted by molar-refractivity contribution is 7.86. The average molecular weight is 228 g/mol. The molecular weight excluding hydrogens is 221 g/mol. The van der Waals surface area contributed by atoms with Crippen LogP contribution in [0.2, 0.25) is 0 Å². The Hall–Kier alpha value is -1.05. The maximum Gasteiger partial charge on any atom is 0.349 e. The average Bonchev–Trinajstić information content (AvgIpc) is 2.23. The molecule has 0 fully saturated rings. The molecule has 0 N–H and O–H groups in total. The molecule has 4 nitrogen and oxygen atoms in total. The van der Waals surface area contributed by atoms with Crippen LogP contribution in [0.3, 0.4) is 0 Å². The van der Waals surface area contributed by atoms with Crippen molar-refractivity contribution in [3.8, 4) is 0 Å². The van der Waals surface area contributed by atoms with Gasteiger partial charge in [0.15, 0.2) is 5.03 Å². The summed E-state index contributed by atoms with van der Waals surface area (Å²) in [5.41, 5.74) is -1.08. The van der Waals surface area contributed by atoms with Crippen molar-refractivity contribution in [3.05, 3.63) is 11.3 Å². The predicted molar refractivity (Wildman–Crippen MR) is 41.2 cm³/mol. The van der Waals surface area contributed by atoms with E-state index < -0.39 is 27.2 Å². The third-order valence-corrected chi connectivity index (χ3v) is 2.61. The minimum Gasteiger partial charge on any atom is -0.254 e. The molecule has 0 spiro atoms. The lowest BCUT2D eigenvalue weighted by atomic mass is 10.3. The van der Waals surface area contributed by atoms with Crippen LogP contribution >= 0.6 is 0 Å². The van der Waals surface area contributed by atoms with E-state index in [0.29, 0.717) is 4.68 Å². The molecule has 0 amide bonds. The second-order valence-electron chi connectivity index (χ2n) is 2.67. The quantitative estimate of drug-likeness (QED) is 0.717. The minimum atomic E-state index is -5.17. The van der Waals surface area contributed by atoms with Gasteiger partial charge in [-0.1, -0.05) is 3.89 Å². The number of rotatable bonds is 2. The van der Waals surface area contributed by atoms with E-state index in [0.717, 1.165) is 7.05 Å². The van der Waals surface area contributed by atoms with Crippen LogP contribution in [0.4, 0.5) is 12.7 Å². The van der Waals surface area contributed by atoms with Gasteiger partial charge in [0.05, 0.1) is 11.3 Å². The summed E-state index contributed by atoms with van der Waals surface area (Å²) in [6.07, 6.45) is -3.07. The maximum atomic E-state index is 12.6. The Morgan fingerprint density at radius 1 is 1.43 bits per heavy atom. The standard InChI is InChI=1S/C6H7F3N2O2S/c1-3-4(5(7)8)6(11(2)10-3)14(9,12)13/h5H,1-2H3. The topological polar surface area (TPSA) is 52.0 Å². The molecule has 14 heavy (non-hydrogen) atoms. The third-order valence-electron chi connectivity index (χ3n) is 1.66. The first kappa shape index (κ1) is 11.0. The number of hydrogen-bond donors (Lipinski definition) is 0. The van der Waals surface area contributed by atoms with Gasteiger partial charge in [-0.3, -0.25) is 4.68 Å². The summed E-state index contributed by atoms with van der Waals surface area (Å²) in [5, 5.41) is 2.34. The molecule has 0 unspecified atom stereocenters. The Morgan fingerprint density at radius 2 is 1.93 bits per heavy atom. The van der Waals surface area contributed by atoms with Crippen molar-refractivity contribution < 1.29 is 21.1 Å². The number of hydrogen-bond acceptors (Lipinski definition) is 3. The van der Waals surface area contributed by atoms with Crippen molar-refractivity contribution in [2.45, 2.75) is 18.4 Å². The van der Waals surface area contributed by atoms with Gasteiger partial charge >= 0.3 is 10.2 Å². The number of nitrogens with zero attached hydrogens (tertiary/aromatic N) is 2. The van der Waals surface area contributed by atoms with Crippen LogP contribution in [0, 0.1) is 6.92 Å². The molecule has 0 saturated heterocycles. The fraction of sp³-hybridized carbons (Fsp3) is 0.500. The molecule has 80 valence electrons. The number of alkyl halides is 2. The van der Waals surface area contributed by atoms with Gasteiger partial charge in [0, 0.05) is 7.05 Å². The SMILES string of the molecule is Cc1nn(C)c(S(=O)(=O)F)c1C(F)F. The van der Waals surface area contributed by atoms with Gasteiger partial charge < -0.3 is 0 Å². The summed E-state index contributed by atoms with van der Waals surface area (Å²) < 4.78 is 58.9. The Bertz CT molecular complexity index is 452. The molecular formula is C6H7F3N2O2S. The van der Waals surface area contributed by atoms with Crippen LogP contribution in [0.25, 0.3) is 0 Å². The zero-order chi connectivity index (χ0) is 11.1. The highest BCUT2D eigenvalue weighted by atomic mass is 32.3. The highest BCUT2D eigenvalue weighted by Gasteiger charge is 2.30. The Morgan fingerprint density at radius 3 is 2.21 bits per heavy atom. The lowest BCUT2D eigenvalue weighted by Gasteiger charge is -2.00. The largest absolute Gasteiger partial charge is 0.349 e. The van der Waals surface area contributed by atoms with Crippen molar-refractivity contribution in [3.63, 3.8) is 0 Å². The number of halogens is 3. The Labute approximate surface area is 78.6 Å². The monoisotopic (exact) mass is 228 g/mol. The second kappa shape index (κ2) is 3.26. The van der Waals surface area contributed by atoms with E-state index in [9.17, 15) is 21.1 Å². The fourth-order valence-corrected chi connectivity index (χ4v) is 2.05. The molecule has 0 saturated carbocycles. The summed E-state index contributed by atoms with van der Waals surface area (Å²) >= 11 is 0. The lowest BCUT2D eigenvalue weighted by Crippen LogP contribution is -2.05. The van der Waals surface area contributed by atoms with Crippen LogP contribution in [0.1, 0.15) is 17.7 Å². The van der Waals surface area contributed by atoms with Gasteiger partial charge in [0.1, 0.15) is 0 Å². The molecule has 0 bridgehead atoms. The molecule has 1 heterocycles. The van der Waals surface area contributed by atoms with Gasteiger partial charge in [-0.25, -0.2) is 8.78 Å². The van der Waals surface area contributed by atoms with E-state index in [1.54, 1.807) is 0 Å². The second-order valence-corrected chi connectivity index (χ2v) is 3.93. The smallest absolute Gasteiger partial charge is 0.254 e. The van der Waals surface area contributed by atoms with Crippen LogP contribution < -0.4 is 0 Å². The first-order valence-electron chi connectivity index (χ1n) is 3.51. The van der Waals surface area contributed by atoms with E-state index in [4.69, 9.17) is 0 Å². The zero-order valence-electron chi connectivity index (χ0n) is 7.33. The molecule has 1 aromatic rings. The molecule has 0 aromatic carbocycles. The van der Waals surface area contributed by atoms with Crippen LogP contribution in [-0.2, 0) is 17.3 Å². The van der Waals surface area contributed by atoms with Crippen LogP contribution in [0.15, 0.2) is 5.03 Å². The molecule has 0 aliphatic carbocycles. The van der Waals surface area contributed by atoms with Crippen LogP contribution in [0.5, 0.6) is 0 Å². The Balaban J connectivity index is 3.57. The summed E-state index contributed by atoms with van der Waals surface area (Å²) in [6.45, 7) is 1.19. The van der Waals surface area contributed by atoms with E-state index in [1.165, 1.54) is 6.92 Å². The molecule has 0 radical (unpaired) electrons. The van der Waals surface area contributed by atoms with Crippen LogP contribution in [-0.4, -0.2) is 18.2 Å². The van der Waals surface area contributed by atoms with Crippen molar-refractivity contribution in [1.29, 1.82) is 0 Å². The third kappa shape index (κ3) is 1.74. The van der Waals surface area contributed by atoms with Crippen molar-refractivity contribution >= 4 is 10.2 Å². The number of aryl methyl sites for hydroxylation is 2. The van der Waals surface area contributed by atoms with Gasteiger partial charge in [-0.05, 0) is 6.92 Å². The maximum absolute atomic E-state index is 12.6. The summed E-state index contributed by atoms with van der Waals surface area (Å²) in [4.78, 5) is 0. The zero-order valence-corrected chi connectivity index (χ0v) is 8.15. The van der Waals surface area contributed by atoms with Crippen molar-refractivity contribution in [2.24, 2.45) is 7.05 Å². The summed E-state index contributed by atoms with van der Waals surface area (Å²) in [6, 6.07) is 0. The summed E-state index contributed by atoms with van der Waals surface area (Å²) in [5.74, 6) is 0. The Kier molecular flexibility index (Phi) is 2.57. The normalized spacial score (nSPS) is 12.4. The molecule has 0 aliphatic heterocycles. The van der Waals surface area contributed by atoms with E-state index in [-0.39, 0.29) is 5.69 Å².